The van der Waals surface area contributed by atoms with E-state index < -0.39 is 0 Å². The molecule has 1 aromatic carbocycles. The van der Waals surface area contributed by atoms with Gasteiger partial charge in [0.2, 0.25) is 0 Å². The van der Waals surface area contributed by atoms with Gasteiger partial charge < -0.3 is 10.0 Å². The number of halogens is 1. The molecule has 16 heavy (non-hydrogen) atoms. The number of hydrogen-bond donors (Lipinski definition) is 1. The van der Waals surface area contributed by atoms with Gasteiger partial charge in [-0.1, -0.05) is 35.0 Å². The highest BCUT2D eigenvalue weighted by atomic mass is 79.9. The van der Waals surface area contributed by atoms with Gasteiger partial charge in [-0.15, -0.1) is 0 Å². The van der Waals surface area contributed by atoms with Crippen LogP contribution in [0.15, 0.2) is 22.7 Å². The quantitative estimate of drug-likeness (QED) is 0.919. The van der Waals surface area contributed by atoms with Crippen LogP contribution in [0.3, 0.4) is 0 Å². The Hall–Kier alpha value is -0.380. The fourth-order valence-electron chi connectivity index (χ4n) is 2.07. The van der Waals surface area contributed by atoms with Gasteiger partial charge in [0.1, 0.15) is 0 Å². The maximum atomic E-state index is 9.32. The first kappa shape index (κ1) is 13.7. The lowest BCUT2D eigenvalue weighted by Crippen LogP contribution is -2.28. The lowest BCUT2D eigenvalue weighted by Gasteiger charge is -2.30. The van der Waals surface area contributed by atoms with Crippen molar-refractivity contribution in [2.24, 2.45) is 5.92 Å². The van der Waals surface area contributed by atoms with E-state index in [2.05, 4.69) is 52.9 Å². The topological polar surface area (TPSA) is 23.5 Å². The molecule has 0 aliphatic rings. The molecule has 0 radical (unpaired) electrons. The third kappa shape index (κ3) is 3.06. The second-order valence-electron chi connectivity index (χ2n) is 4.59. The Morgan fingerprint density at radius 2 is 2.00 bits per heavy atom. The van der Waals surface area contributed by atoms with Crippen molar-refractivity contribution in [3.05, 3.63) is 33.8 Å². The van der Waals surface area contributed by atoms with Crippen LogP contribution in [0, 0.1) is 12.8 Å². The highest BCUT2D eigenvalue weighted by molar-refractivity contribution is 9.10. The summed E-state index contributed by atoms with van der Waals surface area (Å²) in [5, 5.41) is 9.32. The molecule has 90 valence electrons. The third-order valence-corrected chi connectivity index (χ3v) is 3.54. The standard InChI is InChI=1S/C13H20BrNO/c1-9-5-6-11(12(14)7-9)13(15(3)4)10(2)8-16/h5-7,10,13,16H,8H2,1-4H3. The molecule has 0 heterocycles. The van der Waals surface area contributed by atoms with Crippen molar-refractivity contribution in [3.63, 3.8) is 0 Å². The van der Waals surface area contributed by atoms with Crippen LogP contribution in [0.1, 0.15) is 24.1 Å². The molecule has 0 aliphatic heterocycles. The summed E-state index contributed by atoms with van der Waals surface area (Å²) in [5.74, 6) is 0.217. The molecule has 0 saturated carbocycles. The van der Waals surface area contributed by atoms with Gasteiger partial charge in [-0.05, 0) is 44.1 Å². The molecule has 2 unspecified atom stereocenters. The first-order valence-electron chi connectivity index (χ1n) is 5.50. The second-order valence-corrected chi connectivity index (χ2v) is 5.45. The van der Waals surface area contributed by atoms with Crippen LogP contribution < -0.4 is 0 Å². The minimum Gasteiger partial charge on any atom is -0.396 e. The van der Waals surface area contributed by atoms with E-state index in [9.17, 15) is 5.11 Å². The Morgan fingerprint density at radius 1 is 1.38 bits per heavy atom. The van der Waals surface area contributed by atoms with Crippen LogP contribution >= 0.6 is 15.9 Å². The minimum atomic E-state index is 0.198. The molecule has 1 N–H and O–H groups in total. The van der Waals surface area contributed by atoms with Gasteiger partial charge in [0, 0.05) is 17.1 Å². The minimum absolute atomic E-state index is 0.198. The molecule has 1 rings (SSSR count). The number of benzene rings is 1. The molecule has 0 saturated heterocycles. The molecule has 1 aromatic rings. The van der Waals surface area contributed by atoms with Gasteiger partial charge in [-0.2, -0.15) is 0 Å². The predicted molar refractivity (Wildman–Crippen MR) is 71.6 cm³/mol. The Balaban J connectivity index is 3.11. The van der Waals surface area contributed by atoms with Crippen molar-refractivity contribution in [2.45, 2.75) is 19.9 Å². The van der Waals surface area contributed by atoms with Crippen LogP contribution in [-0.2, 0) is 0 Å². The average molecular weight is 286 g/mol. The molecule has 0 aromatic heterocycles. The number of aryl methyl sites for hydroxylation is 1. The molecular weight excluding hydrogens is 266 g/mol. The van der Waals surface area contributed by atoms with Crippen molar-refractivity contribution in [1.29, 1.82) is 0 Å². The summed E-state index contributed by atoms with van der Waals surface area (Å²) in [6.45, 7) is 4.34. The first-order valence-corrected chi connectivity index (χ1v) is 6.30. The summed E-state index contributed by atoms with van der Waals surface area (Å²) in [6, 6.07) is 6.60. The zero-order chi connectivity index (χ0) is 12.3. The van der Waals surface area contributed by atoms with Gasteiger partial charge in [0.25, 0.3) is 0 Å². The maximum Gasteiger partial charge on any atom is 0.0474 e. The molecule has 3 heteroatoms. The smallest absolute Gasteiger partial charge is 0.0474 e. The van der Waals surface area contributed by atoms with E-state index in [-0.39, 0.29) is 18.6 Å². The van der Waals surface area contributed by atoms with Crippen molar-refractivity contribution in [1.82, 2.24) is 4.90 Å². The fourth-order valence-corrected chi connectivity index (χ4v) is 2.79. The van der Waals surface area contributed by atoms with Crippen LogP contribution in [0.25, 0.3) is 0 Å². The molecule has 0 bridgehead atoms. The molecule has 0 aliphatic carbocycles. The number of nitrogens with zero attached hydrogens (tertiary/aromatic N) is 1. The van der Waals surface area contributed by atoms with E-state index in [0.717, 1.165) is 4.47 Å². The van der Waals surface area contributed by atoms with Gasteiger partial charge in [-0.25, -0.2) is 0 Å². The number of rotatable bonds is 4. The summed E-state index contributed by atoms with van der Waals surface area (Å²) in [7, 11) is 4.09. The van der Waals surface area contributed by atoms with E-state index in [4.69, 9.17) is 0 Å². The summed E-state index contributed by atoms with van der Waals surface area (Å²) in [5.41, 5.74) is 2.47. The molecule has 0 spiro atoms. The zero-order valence-corrected chi connectivity index (χ0v) is 12.0. The van der Waals surface area contributed by atoms with Gasteiger partial charge in [-0.3, -0.25) is 0 Å². The summed E-state index contributed by atoms with van der Waals surface area (Å²) in [6.07, 6.45) is 0. The maximum absolute atomic E-state index is 9.32. The highest BCUT2D eigenvalue weighted by Gasteiger charge is 2.22. The van der Waals surface area contributed by atoms with Gasteiger partial charge in [0.15, 0.2) is 0 Å². The third-order valence-electron chi connectivity index (χ3n) is 2.86. The molecule has 0 amide bonds. The van der Waals surface area contributed by atoms with E-state index in [1.807, 2.05) is 14.1 Å². The average Bonchev–Trinajstić information content (AvgIpc) is 2.21. The Labute approximate surface area is 106 Å². The SMILES string of the molecule is Cc1ccc(C(C(C)CO)N(C)C)c(Br)c1. The van der Waals surface area contributed by atoms with Crippen molar-refractivity contribution >= 4 is 15.9 Å². The van der Waals surface area contributed by atoms with E-state index in [1.165, 1.54) is 11.1 Å². The summed E-state index contributed by atoms with van der Waals surface area (Å²) >= 11 is 3.61. The van der Waals surface area contributed by atoms with Crippen LogP contribution in [0.4, 0.5) is 0 Å². The van der Waals surface area contributed by atoms with Crippen molar-refractivity contribution in [2.75, 3.05) is 20.7 Å². The van der Waals surface area contributed by atoms with E-state index in [0.29, 0.717) is 0 Å². The van der Waals surface area contributed by atoms with Crippen molar-refractivity contribution < 1.29 is 5.11 Å². The zero-order valence-electron chi connectivity index (χ0n) is 10.4. The summed E-state index contributed by atoms with van der Waals surface area (Å²) < 4.78 is 1.12. The highest BCUT2D eigenvalue weighted by Crippen LogP contribution is 2.32. The Morgan fingerprint density at radius 3 is 2.44 bits per heavy atom. The monoisotopic (exact) mass is 285 g/mol. The molecule has 2 atom stereocenters. The normalized spacial score (nSPS) is 15.2. The molecule has 2 nitrogen and oxygen atoms in total. The van der Waals surface area contributed by atoms with Crippen LogP contribution in [-0.4, -0.2) is 30.7 Å². The summed E-state index contributed by atoms with van der Waals surface area (Å²) in [4.78, 5) is 2.15. The van der Waals surface area contributed by atoms with E-state index in [1.54, 1.807) is 0 Å². The first-order chi connectivity index (χ1) is 7.47. The van der Waals surface area contributed by atoms with Gasteiger partial charge >= 0.3 is 0 Å². The fraction of sp³-hybridized carbons (Fsp3) is 0.538. The Bertz CT molecular complexity index is 352. The van der Waals surface area contributed by atoms with Crippen LogP contribution in [0.2, 0.25) is 0 Å². The predicted octanol–water partition coefficient (Wildman–Crippen LogP) is 2.99. The molecule has 0 fully saturated rings. The van der Waals surface area contributed by atoms with Crippen molar-refractivity contribution in [3.8, 4) is 0 Å². The lowest BCUT2D eigenvalue weighted by atomic mass is 9.93. The van der Waals surface area contributed by atoms with Gasteiger partial charge in [0.05, 0.1) is 0 Å². The second kappa shape index (κ2) is 5.80. The largest absolute Gasteiger partial charge is 0.396 e. The number of aliphatic hydroxyl groups excluding tert-OH is 1. The molecular formula is C13H20BrNO. The number of aliphatic hydroxyl groups is 1. The lowest BCUT2D eigenvalue weighted by molar-refractivity contribution is 0.145. The van der Waals surface area contributed by atoms with E-state index >= 15 is 0 Å². The Kier molecular flexibility index (Phi) is 4.96. The number of hydrogen-bond acceptors (Lipinski definition) is 2. The van der Waals surface area contributed by atoms with Crippen LogP contribution in [0.5, 0.6) is 0 Å².